The Balaban J connectivity index is 1.79. The zero-order valence-corrected chi connectivity index (χ0v) is 17.3. The van der Waals surface area contributed by atoms with Crippen LogP contribution in [0.1, 0.15) is 12.8 Å². The number of rotatable bonds is 6. The van der Waals surface area contributed by atoms with E-state index in [0.717, 1.165) is 0 Å². The highest BCUT2D eigenvalue weighted by atomic mass is 16.5. The molecule has 2 heterocycles. The lowest BCUT2D eigenvalue weighted by Gasteiger charge is -2.38. The highest BCUT2D eigenvalue weighted by Gasteiger charge is 2.34. The number of hydrogen-bond donors (Lipinski definition) is 1. The first-order valence-corrected chi connectivity index (χ1v) is 9.52. The molecule has 1 amide bonds. The molecule has 1 N–H and O–H groups in total. The molecule has 1 aliphatic rings. The van der Waals surface area contributed by atoms with Gasteiger partial charge in [-0.05, 0) is 33.0 Å². The number of piperidine rings is 1. The number of aromatic nitrogens is 2. The Morgan fingerprint density at radius 2 is 1.83 bits per heavy atom. The molecule has 0 bridgehead atoms. The van der Waals surface area contributed by atoms with Gasteiger partial charge in [0.05, 0.1) is 50.1 Å². The number of methoxy groups -OCH3 is 2. The largest absolute Gasteiger partial charge is 0.493 e. The summed E-state index contributed by atoms with van der Waals surface area (Å²) < 4.78 is 12.0. The molecule has 2 aromatic rings. The first-order chi connectivity index (χ1) is 13.8. The number of nitrogens with zero attached hydrogens (tertiary/aromatic N) is 4. The van der Waals surface area contributed by atoms with Gasteiger partial charge in [0, 0.05) is 19.2 Å². The maximum atomic E-state index is 13.0. The number of aliphatic hydroxyl groups is 1. The van der Waals surface area contributed by atoms with Crippen LogP contribution in [0.5, 0.6) is 11.5 Å². The topological polar surface area (TPSA) is 97.1 Å². The molecule has 0 radical (unpaired) electrons. The molecule has 1 aromatic heterocycles. The highest BCUT2D eigenvalue weighted by Crippen LogP contribution is 2.30. The zero-order valence-electron chi connectivity index (χ0n) is 17.3. The van der Waals surface area contributed by atoms with E-state index >= 15 is 0 Å². The van der Waals surface area contributed by atoms with Crippen molar-refractivity contribution in [3.8, 4) is 11.5 Å². The Kier molecular flexibility index (Phi) is 6.09. The summed E-state index contributed by atoms with van der Waals surface area (Å²) in [6, 6.07) is 3.26. The SMILES string of the molecule is COc1cc2ncn(CC3(O)CCN(C(=O)CN(C)C)CC3)c(=O)c2cc1OC. The van der Waals surface area contributed by atoms with Crippen LogP contribution in [0, 0.1) is 0 Å². The van der Waals surface area contributed by atoms with Crippen LogP contribution in [-0.2, 0) is 11.3 Å². The fourth-order valence-electron chi connectivity index (χ4n) is 3.62. The van der Waals surface area contributed by atoms with Crippen molar-refractivity contribution in [3.63, 3.8) is 0 Å². The summed E-state index contributed by atoms with van der Waals surface area (Å²) in [4.78, 5) is 33.1. The van der Waals surface area contributed by atoms with Crippen LogP contribution < -0.4 is 15.0 Å². The third kappa shape index (κ3) is 4.51. The van der Waals surface area contributed by atoms with Crippen molar-refractivity contribution in [2.45, 2.75) is 25.0 Å². The Labute approximate surface area is 169 Å². The van der Waals surface area contributed by atoms with Crippen LogP contribution in [0.25, 0.3) is 10.9 Å². The van der Waals surface area contributed by atoms with E-state index in [1.165, 1.54) is 25.1 Å². The fourth-order valence-corrected chi connectivity index (χ4v) is 3.62. The third-order valence-electron chi connectivity index (χ3n) is 5.29. The van der Waals surface area contributed by atoms with E-state index in [2.05, 4.69) is 4.98 Å². The maximum absolute atomic E-state index is 13.0. The summed E-state index contributed by atoms with van der Waals surface area (Å²) >= 11 is 0. The predicted molar refractivity (Wildman–Crippen MR) is 108 cm³/mol. The van der Waals surface area contributed by atoms with Crippen LogP contribution in [-0.4, -0.2) is 83.9 Å². The third-order valence-corrected chi connectivity index (χ3v) is 5.29. The van der Waals surface area contributed by atoms with Crippen molar-refractivity contribution in [1.82, 2.24) is 19.4 Å². The van der Waals surface area contributed by atoms with Gasteiger partial charge in [0.1, 0.15) is 0 Å². The number of likely N-dealkylation sites (tertiary alicyclic amines) is 1. The fraction of sp³-hybridized carbons (Fsp3) is 0.550. The lowest BCUT2D eigenvalue weighted by molar-refractivity contribution is -0.136. The van der Waals surface area contributed by atoms with Gasteiger partial charge in [-0.25, -0.2) is 4.98 Å². The van der Waals surface area contributed by atoms with Gasteiger partial charge in [-0.15, -0.1) is 0 Å². The van der Waals surface area contributed by atoms with Gasteiger partial charge in [-0.3, -0.25) is 14.2 Å². The Bertz CT molecular complexity index is 948. The van der Waals surface area contributed by atoms with Gasteiger partial charge >= 0.3 is 0 Å². The van der Waals surface area contributed by atoms with Crippen molar-refractivity contribution < 1.29 is 19.4 Å². The molecule has 1 aliphatic heterocycles. The van der Waals surface area contributed by atoms with Gasteiger partial charge in [0.15, 0.2) is 11.5 Å². The molecule has 1 fully saturated rings. The number of amides is 1. The average Bonchev–Trinajstić information content (AvgIpc) is 2.69. The van der Waals surface area contributed by atoms with Gasteiger partial charge < -0.3 is 24.4 Å². The number of likely N-dealkylation sites (N-methyl/N-ethyl adjacent to an activating group) is 1. The Morgan fingerprint density at radius 3 is 2.41 bits per heavy atom. The van der Waals surface area contributed by atoms with Gasteiger partial charge in [-0.2, -0.15) is 0 Å². The molecule has 29 heavy (non-hydrogen) atoms. The minimum Gasteiger partial charge on any atom is -0.493 e. The second-order valence-corrected chi connectivity index (χ2v) is 7.74. The lowest BCUT2D eigenvalue weighted by Crippen LogP contribution is -2.51. The molecule has 3 rings (SSSR count). The standard InChI is InChI=1S/C20H28N4O5/c1-22(2)11-18(25)23-7-5-20(27,6-8-23)12-24-13-21-15-10-17(29-4)16(28-3)9-14(15)19(24)26/h9-10,13,27H,5-8,11-12H2,1-4H3. The van der Waals surface area contributed by atoms with Crippen LogP contribution >= 0.6 is 0 Å². The molecule has 1 aromatic carbocycles. The molecule has 9 nitrogen and oxygen atoms in total. The summed E-state index contributed by atoms with van der Waals surface area (Å²) in [7, 11) is 6.73. The quantitative estimate of drug-likeness (QED) is 0.741. The average molecular weight is 404 g/mol. The molecule has 158 valence electrons. The van der Waals surface area contributed by atoms with E-state index < -0.39 is 5.60 Å². The van der Waals surface area contributed by atoms with Gasteiger partial charge in [-0.1, -0.05) is 0 Å². The molecule has 1 saturated heterocycles. The van der Waals surface area contributed by atoms with E-state index in [-0.39, 0.29) is 18.0 Å². The minimum atomic E-state index is -1.06. The van der Waals surface area contributed by atoms with E-state index in [1.807, 2.05) is 19.0 Å². The first kappa shape index (κ1) is 21.1. The van der Waals surface area contributed by atoms with Crippen LogP contribution in [0.15, 0.2) is 23.3 Å². The predicted octanol–water partition coefficient (Wildman–Crippen LogP) is 0.329. The van der Waals surface area contributed by atoms with Crippen molar-refractivity contribution >= 4 is 16.8 Å². The lowest BCUT2D eigenvalue weighted by atomic mass is 9.91. The molecule has 0 aliphatic carbocycles. The van der Waals surface area contributed by atoms with Crippen molar-refractivity contribution in [2.75, 3.05) is 47.9 Å². The van der Waals surface area contributed by atoms with E-state index in [4.69, 9.17) is 9.47 Å². The summed E-state index contributed by atoms with van der Waals surface area (Å²) in [5.74, 6) is 0.990. The second-order valence-electron chi connectivity index (χ2n) is 7.74. The normalized spacial score (nSPS) is 16.3. The Hall–Kier alpha value is -2.65. The monoisotopic (exact) mass is 404 g/mol. The van der Waals surface area contributed by atoms with Gasteiger partial charge in [0.25, 0.3) is 5.56 Å². The molecular formula is C20H28N4O5. The minimum absolute atomic E-state index is 0.0441. The molecule has 0 atom stereocenters. The summed E-state index contributed by atoms with van der Waals surface area (Å²) in [5.41, 5.74) is -0.819. The number of ether oxygens (including phenoxy) is 2. The summed E-state index contributed by atoms with van der Waals surface area (Å²) in [5, 5.41) is 11.4. The second kappa shape index (κ2) is 8.38. The highest BCUT2D eigenvalue weighted by molar-refractivity contribution is 5.81. The Morgan fingerprint density at radius 1 is 1.21 bits per heavy atom. The molecule has 9 heteroatoms. The summed E-state index contributed by atoms with van der Waals surface area (Å²) in [6.45, 7) is 1.39. The molecule has 0 saturated carbocycles. The van der Waals surface area contributed by atoms with Crippen LogP contribution in [0.2, 0.25) is 0 Å². The number of fused-ring (bicyclic) bond motifs is 1. The first-order valence-electron chi connectivity index (χ1n) is 9.52. The molecule has 0 spiro atoms. The summed E-state index contributed by atoms with van der Waals surface area (Å²) in [6.07, 6.45) is 2.25. The van der Waals surface area contributed by atoms with Crippen molar-refractivity contribution in [3.05, 3.63) is 28.8 Å². The number of hydrogen-bond acceptors (Lipinski definition) is 7. The molecule has 0 unspecified atom stereocenters. The van der Waals surface area contributed by atoms with Crippen molar-refractivity contribution in [2.24, 2.45) is 0 Å². The number of carbonyl (C=O) groups is 1. The zero-order chi connectivity index (χ0) is 21.2. The number of benzene rings is 1. The number of carbonyl (C=O) groups excluding carboxylic acids is 1. The van der Waals surface area contributed by atoms with Gasteiger partial charge in [0.2, 0.25) is 5.91 Å². The van der Waals surface area contributed by atoms with Crippen LogP contribution in [0.4, 0.5) is 0 Å². The van der Waals surface area contributed by atoms with E-state index in [9.17, 15) is 14.7 Å². The van der Waals surface area contributed by atoms with Crippen molar-refractivity contribution in [1.29, 1.82) is 0 Å². The smallest absolute Gasteiger partial charge is 0.261 e. The molecular weight excluding hydrogens is 376 g/mol. The van der Waals surface area contributed by atoms with E-state index in [1.54, 1.807) is 17.0 Å². The van der Waals surface area contributed by atoms with E-state index in [0.29, 0.717) is 54.9 Å². The maximum Gasteiger partial charge on any atom is 0.261 e. The van der Waals surface area contributed by atoms with Crippen LogP contribution in [0.3, 0.4) is 0 Å².